The summed E-state index contributed by atoms with van der Waals surface area (Å²) in [6, 6.07) is 8.90. The number of nitrogens with one attached hydrogen (secondary N) is 1. The first-order valence-electron chi connectivity index (χ1n) is 10.4. The van der Waals surface area contributed by atoms with Gasteiger partial charge in [0.15, 0.2) is 35.4 Å². The number of carbonyl (C=O) groups excluding carboxylic acids is 2. The van der Waals surface area contributed by atoms with E-state index >= 15 is 0 Å². The van der Waals surface area contributed by atoms with Gasteiger partial charge in [-0.05, 0) is 30.3 Å². The lowest BCUT2D eigenvalue weighted by atomic mass is 10.1. The third-order valence-electron chi connectivity index (χ3n) is 4.87. The zero-order valence-corrected chi connectivity index (χ0v) is 18.5. The molecule has 2 aromatic carbocycles. The van der Waals surface area contributed by atoms with Gasteiger partial charge in [0, 0.05) is 24.5 Å². The fraction of sp³-hybridized carbons (Fsp3) is 0.364. The highest BCUT2D eigenvalue weighted by Crippen LogP contribution is 2.32. The van der Waals surface area contributed by atoms with Crippen molar-refractivity contribution in [2.45, 2.75) is 17.7 Å². The van der Waals surface area contributed by atoms with Crippen LogP contribution in [0.2, 0.25) is 0 Å². The summed E-state index contributed by atoms with van der Waals surface area (Å²) in [5.74, 6) is 0.427. The minimum absolute atomic E-state index is 0.0807. The SMILES string of the molecule is O=C(CNS(=O)(=O)c1ccc2c(c1)OCCCO2)OCC(=O)c1ccc2c(c1)OCCCO2. The monoisotopic (exact) mass is 477 g/mol. The average molecular weight is 477 g/mol. The van der Waals surface area contributed by atoms with Gasteiger partial charge < -0.3 is 23.7 Å². The maximum Gasteiger partial charge on any atom is 0.321 e. The van der Waals surface area contributed by atoms with Gasteiger partial charge in [-0.1, -0.05) is 0 Å². The van der Waals surface area contributed by atoms with Gasteiger partial charge in [0.25, 0.3) is 0 Å². The summed E-state index contributed by atoms with van der Waals surface area (Å²) in [5.41, 5.74) is 0.292. The molecule has 2 aromatic rings. The van der Waals surface area contributed by atoms with E-state index in [0.29, 0.717) is 61.4 Å². The summed E-state index contributed by atoms with van der Waals surface area (Å²) in [6.45, 7) is 0.723. The molecule has 0 saturated heterocycles. The number of hydrogen-bond acceptors (Lipinski definition) is 9. The van der Waals surface area contributed by atoms with Crippen LogP contribution in [-0.4, -0.2) is 59.7 Å². The van der Waals surface area contributed by atoms with E-state index in [1.54, 1.807) is 12.1 Å². The zero-order chi connectivity index (χ0) is 23.3. The maximum absolute atomic E-state index is 12.5. The van der Waals surface area contributed by atoms with Gasteiger partial charge in [0.2, 0.25) is 10.0 Å². The van der Waals surface area contributed by atoms with Gasteiger partial charge in [-0.15, -0.1) is 0 Å². The molecule has 11 heteroatoms. The molecule has 0 saturated carbocycles. The van der Waals surface area contributed by atoms with Gasteiger partial charge in [0.05, 0.1) is 31.3 Å². The minimum Gasteiger partial charge on any atom is -0.490 e. The molecular weight excluding hydrogens is 454 g/mol. The van der Waals surface area contributed by atoms with Crippen LogP contribution in [-0.2, 0) is 19.6 Å². The van der Waals surface area contributed by atoms with Crippen LogP contribution in [0.15, 0.2) is 41.3 Å². The second-order valence-corrected chi connectivity index (χ2v) is 9.05. The van der Waals surface area contributed by atoms with Crippen LogP contribution in [0, 0.1) is 0 Å². The number of hydrogen-bond donors (Lipinski definition) is 1. The van der Waals surface area contributed by atoms with Crippen LogP contribution in [0.5, 0.6) is 23.0 Å². The minimum atomic E-state index is -4.01. The van der Waals surface area contributed by atoms with E-state index in [4.69, 9.17) is 23.7 Å². The number of esters is 1. The van der Waals surface area contributed by atoms with E-state index in [2.05, 4.69) is 4.72 Å². The van der Waals surface area contributed by atoms with E-state index in [9.17, 15) is 18.0 Å². The van der Waals surface area contributed by atoms with Crippen molar-refractivity contribution in [3.05, 3.63) is 42.0 Å². The fourth-order valence-electron chi connectivity index (χ4n) is 3.17. The summed E-state index contributed by atoms with van der Waals surface area (Å²) in [4.78, 5) is 24.3. The Morgan fingerprint density at radius 1 is 0.818 bits per heavy atom. The molecule has 0 atom stereocenters. The highest BCUT2D eigenvalue weighted by Gasteiger charge is 2.21. The predicted octanol–water partition coefficient (Wildman–Crippen LogP) is 1.71. The standard InChI is InChI=1S/C22H23NO9S/c24-17(15-3-5-18-20(11-15)30-9-1-7-28-18)14-32-22(25)13-23-33(26,27)16-4-6-19-21(12-16)31-10-2-8-29-19/h3-6,11-12,23H,1-2,7-10,13-14H2. The molecular formula is C22H23NO9S. The largest absolute Gasteiger partial charge is 0.490 e. The van der Waals surface area contributed by atoms with E-state index < -0.39 is 34.9 Å². The van der Waals surface area contributed by atoms with Crippen LogP contribution in [0.4, 0.5) is 0 Å². The Kier molecular flexibility index (Phi) is 6.99. The maximum atomic E-state index is 12.5. The normalized spacial score (nSPS) is 15.2. The first-order chi connectivity index (χ1) is 15.9. The second-order valence-electron chi connectivity index (χ2n) is 7.28. The lowest BCUT2D eigenvalue weighted by Gasteiger charge is -2.11. The van der Waals surface area contributed by atoms with E-state index in [0.717, 1.165) is 6.42 Å². The second kappa shape index (κ2) is 10.1. The summed E-state index contributed by atoms with van der Waals surface area (Å²) < 4.78 is 54.2. The highest BCUT2D eigenvalue weighted by atomic mass is 32.2. The van der Waals surface area contributed by atoms with Crippen molar-refractivity contribution in [1.82, 2.24) is 4.72 Å². The first-order valence-corrected chi connectivity index (χ1v) is 11.9. The molecule has 0 amide bonds. The quantitative estimate of drug-likeness (QED) is 0.468. The third kappa shape index (κ3) is 5.74. The number of carbonyl (C=O) groups is 2. The van der Waals surface area contributed by atoms with Crippen molar-refractivity contribution in [3.8, 4) is 23.0 Å². The molecule has 4 rings (SSSR count). The molecule has 2 aliphatic rings. The Morgan fingerprint density at radius 2 is 1.39 bits per heavy atom. The molecule has 0 aliphatic carbocycles. The summed E-state index contributed by atoms with van der Waals surface area (Å²) in [6.07, 6.45) is 1.42. The molecule has 0 fully saturated rings. The average Bonchev–Trinajstić information content (AvgIpc) is 3.20. The van der Waals surface area contributed by atoms with Crippen LogP contribution in [0.3, 0.4) is 0 Å². The molecule has 2 aliphatic heterocycles. The number of fused-ring (bicyclic) bond motifs is 2. The molecule has 10 nitrogen and oxygen atoms in total. The van der Waals surface area contributed by atoms with E-state index in [-0.39, 0.29) is 4.90 Å². The molecule has 0 bridgehead atoms. The van der Waals surface area contributed by atoms with Gasteiger partial charge >= 0.3 is 5.97 Å². The molecule has 0 aromatic heterocycles. The molecule has 0 unspecified atom stereocenters. The topological polar surface area (TPSA) is 126 Å². The Bertz CT molecular complexity index is 1150. The lowest BCUT2D eigenvalue weighted by Crippen LogP contribution is -2.31. The Morgan fingerprint density at radius 3 is 2.06 bits per heavy atom. The number of sulfonamides is 1. The van der Waals surface area contributed by atoms with E-state index in [1.165, 1.54) is 24.3 Å². The fourth-order valence-corrected chi connectivity index (χ4v) is 4.15. The number of ether oxygens (including phenoxy) is 5. The lowest BCUT2D eigenvalue weighted by molar-refractivity contribution is -0.141. The van der Waals surface area contributed by atoms with E-state index in [1.807, 2.05) is 0 Å². The third-order valence-corrected chi connectivity index (χ3v) is 6.27. The van der Waals surface area contributed by atoms with Gasteiger partial charge in [-0.2, -0.15) is 4.72 Å². The van der Waals surface area contributed by atoms with Gasteiger partial charge in [-0.25, -0.2) is 8.42 Å². The zero-order valence-electron chi connectivity index (χ0n) is 17.7. The first kappa shape index (κ1) is 22.9. The molecule has 33 heavy (non-hydrogen) atoms. The molecule has 0 radical (unpaired) electrons. The van der Waals surface area contributed by atoms with Crippen molar-refractivity contribution >= 4 is 21.8 Å². The molecule has 176 valence electrons. The Balaban J connectivity index is 1.30. The number of rotatable bonds is 7. The van der Waals surface area contributed by atoms with Crippen molar-refractivity contribution in [3.63, 3.8) is 0 Å². The van der Waals surface area contributed by atoms with Gasteiger partial charge in [-0.3, -0.25) is 9.59 Å². The number of ketones is 1. The highest BCUT2D eigenvalue weighted by molar-refractivity contribution is 7.89. The summed E-state index contributed by atoms with van der Waals surface area (Å²) >= 11 is 0. The van der Waals surface area contributed by atoms with Crippen LogP contribution in [0.25, 0.3) is 0 Å². The Labute approximate surface area is 190 Å². The van der Waals surface area contributed by atoms with Crippen molar-refractivity contribution in [2.75, 3.05) is 39.6 Å². The van der Waals surface area contributed by atoms with Crippen molar-refractivity contribution < 1.29 is 41.7 Å². The molecule has 2 heterocycles. The summed E-state index contributed by atoms with van der Waals surface area (Å²) in [7, 11) is -4.01. The van der Waals surface area contributed by atoms with Crippen molar-refractivity contribution in [2.24, 2.45) is 0 Å². The smallest absolute Gasteiger partial charge is 0.321 e. The van der Waals surface area contributed by atoms with Crippen LogP contribution in [0.1, 0.15) is 23.2 Å². The number of benzene rings is 2. The number of Topliss-reactive ketones (excluding diaryl/α,β-unsaturated/α-hetero) is 1. The molecule has 0 spiro atoms. The predicted molar refractivity (Wildman–Crippen MR) is 115 cm³/mol. The molecule has 1 N–H and O–H groups in total. The van der Waals surface area contributed by atoms with Crippen LogP contribution >= 0.6 is 0 Å². The van der Waals surface area contributed by atoms with Crippen molar-refractivity contribution in [1.29, 1.82) is 0 Å². The summed E-state index contributed by atoms with van der Waals surface area (Å²) in [5, 5.41) is 0. The van der Waals surface area contributed by atoms with Gasteiger partial charge in [0.1, 0.15) is 6.54 Å². The Hall–Kier alpha value is -3.31. The van der Waals surface area contributed by atoms with Crippen LogP contribution < -0.4 is 23.7 Å².